The van der Waals surface area contributed by atoms with E-state index in [1.165, 1.54) is 0 Å². The Bertz CT molecular complexity index is 2140. The van der Waals surface area contributed by atoms with Crippen LogP contribution in [-0.2, 0) is 29.2 Å². The summed E-state index contributed by atoms with van der Waals surface area (Å²) in [5.41, 5.74) is 3.69. The molecule has 0 spiro atoms. The Balaban J connectivity index is 1.59. The summed E-state index contributed by atoms with van der Waals surface area (Å²) in [5, 5.41) is 19.3. The van der Waals surface area contributed by atoms with E-state index in [0.717, 1.165) is 32.4 Å². The van der Waals surface area contributed by atoms with Crippen molar-refractivity contribution in [1.29, 1.82) is 0 Å². The van der Waals surface area contributed by atoms with Crippen molar-refractivity contribution in [1.82, 2.24) is 35.5 Å². The van der Waals surface area contributed by atoms with Gasteiger partial charge in [0, 0.05) is 30.7 Å². The summed E-state index contributed by atoms with van der Waals surface area (Å²) in [6.45, 7) is 21.6. The number of hydrogen-bond acceptors (Lipinski definition) is 11. The maximum atomic E-state index is 13.9. The quantitative estimate of drug-likeness (QED) is 0.0387. The van der Waals surface area contributed by atoms with Crippen LogP contribution in [0.25, 0.3) is 22.5 Å². The Labute approximate surface area is 386 Å². The Morgan fingerprint density at radius 1 is 0.631 bits per heavy atom. The minimum atomic E-state index is -0.537. The van der Waals surface area contributed by atoms with Crippen LogP contribution in [0.15, 0.2) is 42.5 Å². The fraction of sp³-hybridized carbons (Fsp3) is 0.580. The van der Waals surface area contributed by atoms with Crippen LogP contribution >= 0.6 is 0 Å². The standard InChI is InChI=1S/C50H75N7O8/c1-14-21-51-22-20-36(23-31(2)3)52-49(59)39-27-41(57(55-39)29-34(8)9)47-44(63-12)19-18-35(48(47)64-13)30-65-45(58)25-37(24-32(4)5)53-50(60)38-26-40(56(54-38)28-33(6)7)46-42(61-10)16-15-17-43(46)62-11/h15-19,26-27,31-34,36-37,51H,14,20-25,28-30H2,1-13H3,(H,52,59)(H,53,60). The van der Waals surface area contributed by atoms with Crippen molar-refractivity contribution in [3.8, 4) is 45.5 Å². The van der Waals surface area contributed by atoms with E-state index in [9.17, 15) is 14.4 Å². The van der Waals surface area contributed by atoms with Crippen LogP contribution in [-0.4, -0.2) is 91.0 Å². The van der Waals surface area contributed by atoms with E-state index in [1.807, 2.05) is 36.7 Å². The fourth-order valence-corrected chi connectivity index (χ4v) is 7.99. The lowest BCUT2D eigenvalue weighted by Crippen LogP contribution is -2.38. The summed E-state index contributed by atoms with van der Waals surface area (Å²) in [7, 11) is 6.31. The zero-order chi connectivity index (χ0) is 47.8. The molecule has 2 aromatic carbocycles. The molecule has 65 heavy (non-hydrogen) atoms. The van der Waals surface area contributed by atoms with E-state index >= 15 is 0 Å². The molecule has 4 rings (SSSR count). The van der Waals surface area contributed by atoms with E-state index in [4.69, 9.17) is 33.9 Å². The summed E-state index contributed by atoms with van der Waals surface area (Å²) in [6.07, 6.45) is 3.16. The van der Waals surface area contributed by atoms with Crippen molar-refractivity contribution in [3.63, 3.8) is 0 Å². The SMILES string of the molecule is CCCNCCC(CC(C)C)NC(=O)c1cc(-c2c(OC)ccc(COC(=O)CC(CC(C)C)NC(=O)c3cc(-c4c(OC)cccc4OC)n(CC(C)C)n3)c2OC)n(CC(C)C)n1. The second-order valence-corrected chi connectivity index (χ2v) is 18.4. The summed E-state index contributed by atoms with van der Waals surface area (Å²) >= 11 is 0. The van der Waals surface area contributed by atoms with Gasteiger partial charge in [-0.1, -0.05) is 68.4 Å². The predicted octanol–water partition coefficient (Wildman–Crippen LogP) is 8.57. The second kappa shape index (κ2) is 25.2. The van der Waals surface area contributed by atoms with Gasteiger partial charge < -0.3 is 39.6 Å². The van der Waals surface area contributed by atoms with Crippen LogP contribution in [0.1, 0.15) is 121 Å². The molecule has 0 fully saturated rings. The van der Waals surface area contributed by atoms with Crippen LogP contribution in [0.5, 0.6) is 23.0 Å². The molecule has 0 aliphatic heterocycles. The van der Waals surface area contributed by atoms with Crippen LogP contribution in [0.3, 0.4) is 0 Å². The van der Waals surface area contributed by atoms with E-state index in [2.05, 4.69) is 64.4 Å². The van der Waals surface area contributed by atoms with Crippen LogP contribution in [0.4, 0.5) is 0 Å². The molecule has 2 heterocycles. The molecule has 4 aromatic rings. The third kappa shape index (κ3) is 14.7. The van der Waals surface area contributed by atoms with E-state index in [0.29, 0.717) is 76.5 Å². The lowest BCUT2D eigenvalue weighted by atomic mass is 10.0. The number of hydrogen-bond donors (Lipinski definition) is 3. The molecule has 2 atom stereocenters. The number of ether oxygens (including phenoxy) is 5. The van der Waals surface area contributed by atoms with E-state index in [-0.39, 0.29) is 54.1 Å². The number of amides is 2. The Morgan fingerprint density at radius 3 is 1.63 bits per heavy atom. The normalized spacial score (nSPS) is 12.4. The smallest absolute Gasteiger partial charge is 0.308 e. The summed E-state index contributed by atoms with van der Waals surface area (Å²) in [4.78, 5) is 41.5. The van der Waals surface area contributed by atoms with Gasteiger partial charge >= 0.3 is 5.97 Å². The Morgan fingerprint density at radius 2 is 1.14 bits per heavy atom. The number of benzene rings is 2. The van der Waals surface area contributed by atoms with E-state index in [1.54, 1.807) is 57.4 Å². The van der Waals surface area contributed by atoms with Gasteiger partial charge in [0.15, 0.2) is 11.4 Å². The molecule has 0 saturated heterocycles. The molecular formula is C50H75N7O8. The van der Waals surface area contributed by atoms with Crippen molar-refractivity contribution in [2.45, 2.75) is 126 Å². The maximum Gasteiger partial charge on any atom is 0.308 e. The second-order valence-electron chi connectivity index (χ2n) is 18.4. The van der Waals surface area contributed by atoms with Crippen molar-refractivity contribution in [3.05, 3.63) is 59.4 Å². The zero-order valence-corrected chi connectivity index (χ0v) is 41.1. The predicted molar refractivity (Wildman–Crippen MR) is 255 cm³/mol. The largest absolute Gasteiger partial charge is 0.496 e. The first-order valence-corrected chi connectivity index (χ1v) is 23.1. The average molecular weight is 902 g/mol. The molecule has 0 saturated carbocycles. The first kappa shape index (κ1) is 52.1. The highest BCUT2D eigenvalue weighted by atomic mass is 16.5. The van der Waals surface area contributed by atoms with Crippen LogP contribution in [0.2, 0.25) is 0 Å². The maximum absolute atomic E-state index is 13.9. The van der Waals surface area contributed by atoms with Crippen molar-refractivity contribution in [2.24, 2.45) is 23.7 Å². The van der Waals surface area contributed by atoms with Gasteiger partial charge in [-0.2, -0.15) is 10.2 Å². The number of methoxy groups -OCH3 is 4. The van der Waals surface area contributed by atoms with E-state index < -0.39 is 17.9 Å². The summed E-state index contributed by atoms with van der Waals surface area (Å²) < 4.78 is 32.8. The highest BCUT2D eigenvalue weighted by Gasteiger charge is 2.28. The third-order valence-electron chi connectivity index (χ3n) is 10.7. The molecule has 15 nitrogen and oxygen atoms in total. The van der Waals surface area contributed by atoms with Crippen molar-refractivity contribution < 1.29 is 38.1 Å². The molecule has 3 N–H and O–H groups in total. The third-order valence-corrected chi connectivity index (χ3v) is 10.7. The minimum Gasteiger partial charge on any atom is -0.496 e. The summed E-state index contributed by atoms with van der Waals surface area (Å²) in [5.74, 6) is 1.97. The van der Waals surface area contributed by atoms with Gasteiger partial charge in [-0.3, -0.25) is 23.7 Å². The van der Waals surface area contributed by atoms with Gasteiger partial charge in [0.05, 0.1) is 57.4 Å². The topological polar surface area (TPSA) is 169 Å². The molecule has 0 aliphatic rings. The molecule has 2 unspecified atom stereocenters. The number of nitrogens with zero attached hydrogens (tertiary/aromatic N) is 4. The van der Waals surface area contributed by atoms with Crippen LogP contribution < -0.4 is 34.9 Å². The van der Waals surface area contributed by atoms with Gasteiger partial charge in [-0.05, 0) is 98.8 Å². The number of carbonyl (C=O) groups is 3. The molecule has 15 heteroatoms. The number of carbonyl (C=O) groups excluding carboxylic acids is 3. The molecule has 0 bridgehead atoms. The first-order chi connectivity index (χ1) is 31.0. The molecular weight excluding hydrogens is 827 g/mol. The number of nitrogens with one attached hydrogen (secondary N) is 3. The number of aromatic nitrogens is 4. The number of rotatable bonds is 27. The first-order valence-electron chi connectivity index (χ1n) is 23.1. The zero-order valence-electron chi connectivity index (χ0n) is 41.1. The lowest BCUT2D eigenvalue weighted by Gasteiger charge is -2.20. The lowest BCUT2D eigenvalue weighted by molar-refractivity contribution is -0.145. The van der Waals surface area contributed by atoms with Gasteiger partial charge in [0.25, 0.3) is 11.8 Å². The monoisotopic (exact) mass is 902 g/mol. The van der Waals surface area contributed by atoms with Crippen molar-refractivity contribution in [2.75, 3.05) is 41.5 Å². The Kier molecular flexibility index (Phi) is 20.2. The highest BCUT2D eigenvalue weighted by Crippen LogP contribution is 2.42. The fourth-order valence-electron chi connectivity index (χ4n) is 7.99. The molecule has 0 radical (unpaired) electrons. The highest BCUT2D eigenvalue weighted by molar-refractivity contribution is 5.95. The Hall–Kier alpha value is -5.57. The van der Waals surface area contributed by atoms with Gasteiger partial charge in [-0.25, -0.2) is 0 Å². The molecule has 358 valence electrons. The summed E-state index contributed by atoms with van der Waals surface area (Å²) in [6, 6.07) is 12.1. The number of esters is 1. The van der Waals surface area contributed by atoms with Crippen molar-refractivity contribution >= 4 is 17.8 Å². The van der Waals surface area contributed by atoms with Gasteiger partial charge in [0.1, 0.15) is 29.6 Å². The average Bonchev–Trinajstić information content (AvgIpc) is 3.86. The molecule has 2 amide bonds. The van der Waals surface area contributed by atoms with Gasteiger partial charge in [0.2, 0.25) is 0 Å². The minimum absolute atomic E-state index is 0.0174. The van der Waals surface area contributed by atoms with Crippen LogP contribution in [0, 0.1) is 23.7 Å². The van der Waals surface area contributed by atoms with Gasteiger partial charge in [-0.15, -0.1) is 0 Å². The molecule has 0 aliphatic carbocycles. The molecule has 2 aromatic heterocycles.